The number of benzene rings is 1. The molecule has 0 aliphatic carbocycles. The van der Waals surface area contributed by atoms with Crippen molar-refractivity contribution in [1.29, 1.82) is 0 Å². The molecule has 0 heterocycles. The third-order valence-corrected chi connectivity index (χ3v) is 3.64. The molecule has 0 aliphatic rings. The Bertz CT molecular complexity index is 389. The highest BCUT2D eigenvalue weighted by atomic mass is 16.2. The van der Waals surface area contributed by atoms with E-state index in [4.69, 9.17) is 5.11 Å². The van der Waals surface area contributed by atoms with Crippen LogP contribution in [-0.2, 0) is 4.79 Å². The summed E-state index contributed by atoms with van der Waals surface area (Å²) >= 11 is 0. The summed E-state index contributed by atoms with van der Waals surface area (Å²) < 4.78 is 0. The van der Waals surface area contributed by atoms with Crippen LogP contribution in [0.3, 0.4) is 0 Å². The minimum absolute atomic E-state index is 0.0954. The minimum atomic E-state index is 0.0954. The normalized spacial score (nSPS) is 14.1. The predicted octanol–water partition coefficient (Wildman–Crippen LogP) is 3.09. The Balaban J connectivity index is 2.56. The average molecular weight is 277 g/mol. The van der Waals surface area contributed by atoms with Crippen molar-refractivity contribution in [2.24, 2.45) is 5.92 Å². The van der Waals surface area contributed by atoms with Gasteiger partial charge in [-0.3, -0.25) is 4.79 Å². The van der Waals surface area contributed by atoms with E-state index in [-0.39, 0.29) is 24.5 Å². The summed E-state index contributed by atoms with van der Waals surface area (Å²) in [6.07, 6.45) is 2.07. The van der Waals surface area contributed by atoms with Gasteiger partial charge in [0.25, 0.3) is 0 Å². The number of aliphatic hydroxyl groups is 1. The summed E-state index contributed by atoms with van der Waals surface area (Å²) in [6.45, 7) is 6.47. The van der Waals surface area contributed by atoms with Gasteiger partial charge >= 0.3 is 0 Å². The van der Waals surface area contributed by atoms with Gasteiger partial charge in [0.1, 0.15) is 0 Å². The van der Waals surface area contributed by atoms with Crippen molar-refractivity contribution < 1.29 is 9.90 Å². The third-order valence-electron chi connectivity index (χ3n) is 3.64. The van der Waals surface area contributed by atoms with Crippen LogP contribution in [0.5, 0.6) is 0 Å². The van der Waals surface area contributed by atoms with Crippen LogP contribution >= 0.6 is 0 Å². The molecule has 3 nitrogen and oxygen atoms in total. The second kappa shape index (κ2) is 8.75. The lowest BCUT2D eigenvalue weighted by Gasteiger charge is -2.22. The SMILES string of the molecule is CC(CCCO)NC(=O)CC(c1ccccc1)C(C)C. The Labute approximate surface area is 122 Å². The summed E-state index contributed by atoms with van der Waals surface area (Å²) in [6, 6.07) is 10.3. The zero-order valence-electron chi connectivity index (χ0n) is 12.8. The van der Waals surface area contributed by atoms with E-state index in [0.29, 0.717) is 12.3 Å². The zero-order chi connectivity index (χ0) is 15.0. The molecule has 2 N–H and O–H groups in total. The van der Waals surface area contributed by atoms with Gasteiger partial charge in [0.2, 0.25) is 5.91 Å². The van der Waals surface area contributed by atoms with Crippen molar-refractivity contribution in [2.45, 2.75) is 52.0 Å². The Morgan fingerprint density at radius 1 is 1.20 bits per heavy atom. The molecule has 2 unspecified atom stereocenters. The van der Waals surface area contributed by atoms with Gasteiger partial charge in [-0.15, -0.1) is 0 Å². The number of rotatable bonds is 8. The summed E-state index contributed by atoms with van der Waals surface area (Å²) in [5.41, 5.74) is 1.22. The first-order chi connectivity index (χ1) is 9.54. The lowest BCUT2D eigenvalue weighted by atomic mass is 9.85. The molecule has 0 bridgehead atoms. The van der Waals surface area contributed by atoms with E-state index in [0.717, 1.165) is 12.8 Å². The van der Waals surface area contributed by atoms with Gasteiger partial charge < -0.3 is 10.4 Å². The van der Waals surface area contributed by atoms with Gasteiger partial charge in [0.05, 0.1) is 0 Å². The highest BCUT2D eigenvalue weighted by molar-refractivity contribution is 5.77. The highest BCUT2D eigenvalue weighted by Gasteiger charge is 2.20. The van der Waals surface area contributed by atoms with E-state index in [1.165, 1.54) is 5.56 Å². The Kier molecular flexibility index (Phi) is 7.31. The van der Waals surface area contributed by atoms with Gasteiger partial charge in [-0.05, 0) is 37.2 Å². The van der Waals surface area contributed by atoms with Crippen LogP contribution < -0.4 is 5.32 Å². The fourth-order valence-corrected chi connectivity index (χ4v) is 2.44. The summed E-state index contributed by atoms with van der Waals surface area (Å²) in [7, 11) is 0. The van der Waals surface area contributed by atoms with Crippen LogP contribution in [-0.4, -0.2) is 23.7 Å². The Morgan fingerprint density at radius 2 is 1.85 bits per heavy atom. The molecule has 0 spiro atoms. The molecule has 0 aliphatic heterocycles. The van der Waals surface area contributed by atoms with Crippen LogP contribution in [0.4, 0.5) is 0 Å². The molecule has 2 atom stereocenters. The largest absolute Gasteiger partial charge is 0.396 e. The van der Waals surface area contributed by atoms with Crippen LogP contribution in [0.25, 0.3) is 0 Å². The molecule has 0 fully saturated rings. The number of aliphatic hydroxyl groups excluding tert-OH is 1. The number of nitrogens with one attached hydrogen (secondary N) is 1. The summed E-state index contributed by atoms with van der Waals surface area (Å²) in [5.74, 6) is 0.773. The first kappa shape index (κ1) is 16.7. The molecule has 3 heteroatoms. The summed E-state index contributed by atoms with van der Waals surface area (Å²) in [5, 5.41) is 11.8. The van der Waals surface area contributed by atoms with Crippen molar-refractivity contribution in [3.8, 4) is 0 Å². The number of carbonyl (C=O) groups excluding carboxylic acids is 1. The van der Waals surface area contributed by atoms with Gasteiger partial charge in [0, 0.05) is 19.1 Å². The van der Waals surface area contributed by atoms with Crippen LogP contribution in [0.1, 0.15) is 51.5 Å². The van der Waals surface area contributed by atoms with Crippen molar-refractivity contribution in [2.75, 3.05) is 6.61 Å². The highest BCUT2D eigenvalue weighted by Crippen LogP contribution is 2.27. The maximum absolute atomic E-state index is 12.1. The van der Waals surface area contributed by atoms with E-state index >= 15 is 0 Å². The third kappa shape index (κ3) is 5.74. The zero-order valence-corrected chi connectivity index (χ0v) is 12.8. The molecule has 0 radical (unpaired) electrons. The Morgan fingerprint density at radius 3 is 2.40 bits per heavy atom. The van der Waals surface area contributed by atoms with Crippen LogP contribution in [0, 0.1) is 5.92 Å². The van der Waals surface area contributed by atoms with Crippen molar-refractivity contribution in [1.82, 2.24) is 5.32 Å². The monoisotopic (exact) mass is 277 g/mol. The van der Waals surface area contributed by atoms with Crippen LogP contribution in [0.15, 0.2) is 30.3 Å². The molecule has 20 heavy (non-hydrogen) atoms. The van der Waals surface area contributed by atoms with E-state index in [1.807, 2.05) is 25.1 Å². The molecular formula is C17H27NO2. The van der Waals surface area contributed by atoms with E-state index in [1.54, 1.807) is 0 Å². The van der Waals surface area contributed by atoms with Gasteiger partial charge in [-0.25, -0.2) is 0 Å². The van der Waals surface area contributed by atoms with E-state index in [2.05, 4.69) is 31.3 Å². The predicted molar refractivity (Wildman–Crippen MR) is 82.6 cm³/mol. The quantitative estimate of drug-likeness (QED) is 0.767. The fourth-order valence-electron chi connectivity index (χ4n) is 2.44. The maximum atomic E-state index is 12.1. The molecule has 1 amide bonds. The van der Waals surface area contributed by atoms with E-state index < -0.39 is 0 Å². The van der Waals surface area contributed by atoms with Crippen LogP contribution in [0.2, 0.25) is 0 Å². The fraction of sp³-hybridized carbons (Fsp3) is 0.588. The maximum Gasteiger partial charge on any atom is 0.220 e. The first-order valence-electron chi connectivity index (χ1n) is 7.49. The second-order valence-corrected chi connectivity index (χ2v) is 5.80. The van der Waals surface area contributed by atoms with Gasteiger partial charge in [-0.1, -0.05) is 44.2 Å². The number of hydrogen-bond acceptors (Lipinski definition) is 2. The Hall–Kier alpha value is -1.35. The summed E-state index contributed by atoms with van der Waals surface area (Å²) in [4.78, 5) is 12.1. The van der Waals surface area contributed by atoms with Gasteiger partial charge in [0.15, 0.2) is 0 Å². The molecule has 0 saturated heterocycles. The molecule has 1 aromatic carbocycles. The second-order valence-electron chi connectivity index (χ2n) is 5.80. The molecule has 1 aromatic rings. The molecule has 0 saturated carbocycles. The number of amides is 1. The van der Waals surface area contributed by atoms with Crippen molar-refractivity contribution >= 4 is 5.91 Å². The lowest BCUT2D eigenvalue weighted by molar-refractivity contribution is -0.122. The first-order valence-corrected chi connectivity index (χ1v) is 7.49. The minimum Gasteiger partial charge on any atom is -0.396 e. The van der Waals surface area contributed by atoms with Gasteiger partial charge in [-0.2, -0.15) is 0 Å². The number of hydrogen-bond donors (Lipinski definition) is 2. The standard InChI is InChI=1S/C17H27NO2/c1-13(2)16(15-9-5-4-6-10-15)12-17(20)18-14(3)8-7-11-19/h4-6,9-10,13-14,16,19H,7-8,11-12H2,1-3H3,(H,18,20). The van der Waals surface area contributed by atoms with E-state index in [9.17, 15) is 4.79 Å². The molecule has 1 rings (SSSR count). The molecular weight excluding hydrogens is 250 g/mol. The lowest BCUT2D eigenvalue weighted by Crippen LogP contribution is -2.34. The molecule has 112 valence electrons. The number of carbonyl (C=O) groups is 1. The average Bonchev–Trinajstić information content (AvgIpc) is 2.43. The smallest absolute Gasteiger partial charge is 0.220 e. The van der Waals surface area contributed by atoms with Crippen molar-refractivity contribution in [3.05, 3.63) is 35.9 Å². The molecule has 0 aromatic heterocycles. The topological polar surface area (TPSA) is 49.3 Å². The van der Waals surface area contributed by atoms with Crippen molar-refractivity contribution in [3.63, 3.8) is 0 Å².